The van der Waals surface area contributed by atoms with Crippen molar-refractivity contribution in [2.24, 2.45) is 5.92 Å². The van der Waals surface area contributed by atoms with Crippen LogP contribution in [0.3, 0.4) is 0 Å². The molecule has 0 spiro atoms. The summed E-state index contributed by atoms with van der Waals surface area (Å²) < 4.78 is 16.4. The highest BCUT2D eigenvalue weighted by Gasteiger charge is 2.25. The number of ether oxygens (including phenoxy) is 2. The molecule has 2 aromatic rings. The number of methoxy groups -OCH3 is 2. The minimum atomic E-state index is -0.00885. The number of rotatable bonds is 7. The molecule has 174 valence electrons. The van der Waals surface area contributed by atoms with E-state index in [1.165, 1.54) is 11.8 Å². The second kappa shape index (κ2) is 10.4. The van der Waals surface area contributed by atoms with E-state index < -0.39 is 0 Å². The number of amides is 1. The van der Waals surface area contributed by atoms with Crippen LogP contribution in [-0.4, -0.2) is 79.1 Å². The van der Waals surface area contributed by atoms with Crippen molar-refractivity contribution < 1.29 is 18.7 Å². The number of nitrogens with zero attached hydrogens (tertiary/aromatic N) is 4. The van der Waals surface area contributed by atoms with Crippen molar-refractivity contribution in [3.05, 3.63) is 41.6 Å². The van der Waals surface area contributed by atoms with Gasteiger partial charge in [-0.3, -0.25) is 14.6 Å². The van der Waals surface area contributed by atoms with E-state index in [2.05, 4.69) is 33.8 Å². The first-order valence-corrected chi connectivity index (χ1v) is 11.4. The van der Waals surface area contributed by atoms with Crippen LogP contribution in [0.25, 0.3) is 0 Å². The topological polar surface area (TPSA) is 71.3 Å². The SMILES string of the molecule is COc1cc(CN2CCN(Cc3nc(C(=O)N4CCC(C)CC4)co3)CC2)cc(OC)c1. The molecule has 0 saturated carbocycles. The molecule has 2 aliphatic rings. The zero-order chi connectivity index (χ0) is 22.5. The Balaban J connectivity index is 1.26. The lowest BCUT2D eigenvalue weighted by Gasteiger charge is -2.34. The van der Waals surface area contributed by atoms with Gasteiger partial charge < -0.3 is 18.8 Å². The van der Waals surface area contributed by atoms with Gasteiger partial charge in [0.15, 0.2) is 5.69 Å². The quantitative estimate of drug-likeness (QED) is 0.653. The first-order valence-electron chi connectivity index (χ1n) is 11.4. The average molecular weight is 443 g/mol. The molecule has 2 saturated heterocycles. The van der Waals surface area contributed by atoms with E-state index in [1.807, 2.05) is 11.0 Å². The maximum Gasteiger partial charge on any atom is 0.275 e. The van der Waals surface area contributed by atoms with Crippen molar-refractivity contribution in [2.75, 3.05) is 53.5 Å². The Labute approximate surface area is 190 Å². The van der Waals surface area contributed by atoms with E-state index in [0.29, 0.717) is 24.0 Å². The van der Waals surface area contributed by atoms with Gasteiger partial charge in [-0.05, 0) is 36.5 Å². The molecule has 2 aliphatic heterocycles. The summed E-state index contributed by atoms with van der Waals surface area (Å²) in [6, 6.07) is 6.01. The van der Waals surface area contributed by atoms with E-state index in [0.717, 1.165) is 70.2 Å². The van der Waals surface area contributed by atoms with E-state index in [4.69, 9.17) is 13.9 Å². The minimum Gasteiger partial charge on any atom is -0.497 e. The van der Waals surface area contributed by atoms with E-state index in [-0.39, 0.29) is 5.91 Å². The first-order chi connectivity index (χ1) is 15.5. The number of carbonyl (C=O) groups excluding carboxylic acids is 1. The number of piperidine rings is 1. The predicted octanol–water partition coefficient (Wildman–Crippen LogP) is 2.88. The zero-order valence-electron chi connectivity index (χ0n) is 19.4. The summed E-state index contributed by atoms with van der Waals surface area (Å²) >= 11 is 0. The number of carbonyl (C=O) groups is 1. The fraction of sp³-hybridized carbons (Fsp3) is 0.583. The third kappa shape index (κ3) is 5.61. The molecule has 0 N–H and O–H groups in total. The summed E-state index contributed by atoms with van der Waals surface area (Å²) in [5.74, 6) is 2.92. The fourth-order valence-electron chi connectivity index (χ4n) is 4.37. The molecule has 0 radical (unpaired) electrons. The van der Waals surface area contributed by atoms with Gasteiger partial charge in [-0.1, -0.05) is 6.92 Å². The van der Waals surface area contributed by atoms with Gasteiger partial charge in [0.05, 0.1) is 20.8 Å². The molecule has 4 rings (SSSR count). The van der Waals surface area contributed by atoms with Crippen LogP contribution in [0.5, 0.6) is 11.5 Å². The number of benzene rings is 1. The van der Waals surface area contributed by atoms with E-state index in [9.17, 15) is 4.79 Å². The van der Waals surface area contributed by atoms with E-state index >= 15 is 0 Å². The molecule has 0 aliphatic carbocycles. The lowest BCUT2D eigenvalue weighted by atomic mass is 9.99. The van der Waals surface area contributed by atoms with Crippen LogP contribution in [0.15, 0.2) is 28.9 Å². The Morgan fingerprint density at radius 1 is 0.969 bits per heavy atom. The summed E-state index contributed by atoms with van der Waals surface area (Å²) in [4.78, 5) is 23.8. The predicted molar refractivity (Wildman–Crippen MR) is 121 cm³/mol. The van der Waals surface area contributed by atoms with Gasteiger partial charge >= 0.3 is 0 Å². The standard InChI is InChI=1S/C24H34N4O4/c1-18-4-6-28(7-5-18)24(29)22-17-32-23(25-22)16-27-10-8-26(9-11-27)15-19-12-20(30-2)14-21(13-19)31-3/h12-14,17-18H,4-11,15-16H2,1-3H3. The van der Waals surface area contributed by atoms with Crippen molar-refractivity contribution >= 4 is 5.91 Å². The van der Waals surface area contributed by atoms with E-state index in [1.54, 1.807) is 14.2 Å². The summed E-state index contributed by atoms with van der Waals surface area (Å²) in [6.07, 6.45) is 3.63. The van der Waals surface area contributed by atoms with Crippen LogP contribution in [0.1, 0.15) is 41.7 Å². The maximum atomic E-state index is 12.7. The van der Waals surface area contributed by atoms with Crippen molar-refractivity contribution in [3.8, 4) is 11.5 Å². The van der Waals surface area contributed by atoms with Crippen molar-refractivity contribution in [3.63, 3.8) is 0 Å². The Morgan fingerprint density at radius 2 is 1.56 bits per heavy atom. The van der Waals surface area contributed by atoms with Gasteiger partial charge in [0.1, 0.15) is 17.8 Å². The highest BCUT2D eigenvalue weighted by atomic mass is 16.5. The average Bonchev–Trinajstić information content (AvgIpc) is 3.28. The highest BCUT2D eigenvalue weighted by molar-refractivity contribution is 5.92. The summed E-state index contributed by atoms with van der Waals surface area (Å²) in [5, 5.41) is 0. The summed E-state index contributed by atoms with van der Waals surface area (Å²) in [7, 11) is 3.35. The monoisotopic (exact) mass is 442 g/mol. The van der Waals surface area contributed by atoms with Crippen LogP contribution in [-0.2, 0) is 13.1 Å². The molecule has 0 bridgehead atoms. The molecular weight excluding hydrogens is 408 g/mol. The van der Waals surface area contributed by atoms with Gasteiger partial charge in [0.25, 0.3) is 5.91 Å². The Kier molecular flexibility index (Phi) is 7.32. The van der Waals surface area contributed by atoms with Crippen molar-refractivity contribution in [1.82, 2.24) is 19.7 Å². The second-order valence-electron chi connectivity index (χ2n) is 8.87. The summed E-state index contributed by atoms with van der Waals surface area (Å²) in [5.41, 5.74) is 1.61. The Morgan fingerprint density at radius 3 is 2.16 bits per heavy atom. The number of aromatic nitrogens is 1. The minimum absolute atomic E-state index is 0.00885. The lowest BCUT2D eigenvalue weighted by molar-refractivity contribution is 0.0691. The van der Waals surface area contributed by atoms with Crippen LogP contribution in [0.2, 0.25) is 0 Å². The molecule has 1 aromatic heterocycles. The van der Waals surface area contributed by atoms with Gasteiger partial charge in [-0.25, -0.2) is 4.98 Å². The number of likely N-dealkylation sites (tertiary alicyclic amines) is 1. The Hall–Kier alpha value is -2.58. The lowest BCUT2D eigenvalue weighted by Crippen LogP contribution is -2.45. The van der Waals surface area contributed by atoms with Crippen molar-refractivity contribution in [1.29, 1.82) is 0 Å². The molecule has 1 amide bonds. The molecule has 0 unspecified atom stereocenters. The molecular formula is C24H34N4O4. The van der Waals surface area contributed by atoms with Crippen molar-refractivity contribution in [2.45, 2.75) is 32.9 Å². The van der Waals surface area contributed by atoms with Gasteiger partial charge in [-0.15, -0.1) is 0 Å². The number of hydrogen-bond acceptors (Lipinski definition) is 7. The number of hydrogen-bond donors (Lipinski definition) is 0. The molecule has 0 atom stereocenters. The summed E-state index contributed by atoms with van der Waals surface area (Å²) in [6.45, 7) is 9.11. The third-order valence-corrected chi connectivity index (χ3v) is 6.48. The van der Waals surface area contributed by atoms with Gasteiger partial charge in [0.2, 0.25) is 5.89 Å². The molecule has 2 fully saturated rings. The third-order valence-electron chi connectivity index (χ3n) is 6.48. The van der Waals surface area contributed by atoms with Gasteiger partial charge in [-0.2, -0.15) is 0 Å². The zero-order valence-corrected chi connectivity index (χ0v) is 19.4. The molecule has 32 heavy (non-hydrogen) atoms. The highest BCUT2D eigenvalue weighted by Crippen LogP contribution is 2.24. The first kappa shape index (κ1) is 22.6. The molecule has 1 aromatic carbocycles. The normalized spacial score (nSPS) is 18.7. The molecule has 3 heterocycles. The maximum absolute atomic E-state index is 12.7. The largest absolute Gasteiger partial charge is 0.497 e. The number of oxazole rings is 1. The van der Waals surface area contributed by atoms with Gasteiger partial charge in [0, 0.05) is 51.9 Å². The van der Waals surface area contributed by atoms with Crippen LogP contribution in [0.4, 0.5) is 0 Å². The van der Waals surface area contributed by atoms with Crippen LogP contribution in [0, 0.1) is 5.92 Å². The second-order valence-corrected chi connectivity index (χ2v) is 8.87. The fourth-order valence-corrected chi connectivity index (χ4v) is 4.37. The van der Waals surface area contributed by atoms with Crippen LogP contribution >= 0.6 is 0 Å². The smallest absolute Gasteiger partial charge is 0.275 e. The Bertz CT molecular complexity index is 877. The number of piperazine rings is 1. The molecule has 8 nitrogen and oxygen atoms in total. The molecule has 8 heteroatoms. The van der Waals surface area contributed by atoms with Crippen LogP contribution < -0.4 is 9.47 Å².